The predicted molar refractivity (Wildman–Crippen MR) is 67.5 cm³/mol. The van der Waals surface area contributed by atoms with Crippen LogP contribution in [0.3, 0.4) is 0 Å². The van der Waals surface area contributed by atoms with Gasteiger partial charge in [0.25, 0.3) is 0 Å². The molecule has 0 unspecified atom stereocenters. The van der Waals surface area contributed by atoms with E-state index in [-0.39, 0.29) is 5.69 Å². The average Bonchev–Trinajstić information content (AvgIpc) is 2.40. The minimum atomic E-state index is -0.428. The van der Waals surface area contributed by atoms with Crippen molar-refractivity contribution in [3.05, 3.63) is 40.1 Å². The molecule has 6 nitrogen and oxygen atoms in total. The number of hydrogen-bond acceptors (Lipinski definition) is 5. The third kappa shape index (κ3) is 3.27. The zero-order valence-corrected chi connectivity index (χ0v) is 9.96. The van der Waals surface area contributed by atoms with Crippen LogP contribution >= 0.6 is 0 Å². The first kappa shape index (κ1) is 12.5. The maximum atomic E-state index is 10.8. The van der Waals surface area contributed by atoms with Crippen molar-refractivity contribution in [2.45, 2.75) is 12.8 Å². The minimum Gasteiger partial charge on any atom is -0.377 e. The number of ether oxygens (including phenoxy) is 1. The van der Waals surface area contributed by atoms with Crippen LogP contribution in [0, 0.1) is 10.1 Å². The molecule has 2 heterocycles. The Balaban J connectivity index is 1.90. The van der Waals surface area contributed by atoms with Crippen molar-refractivity contribution in [2.24, 2.45) is 0 Å². The van der Waals surface area contributed by atoms with Gasteiger partial charge in [-0.25, -0.2) is 4.98 Å². The summed E-state index contributed by atoms with van der Waals surface area (Å²) in [5.74, 6) is 0.329. The van der Waals surface area contributed by atoms with Crippen molar-refractivity contribution in [1.82, 2.24) is 4.98 Å². The molecule has 0 spiro atoms. The molecule has 6 heteroatoms. The van der Waals surface area contributed by atoms with Crippen molar-refractivity contribution in [2.75, 3.05) is 25.1 Å². The highest BCUT2D eigenvalue weighted by Gasteiger charge is 2.13. The molecular formula is C12H15N3O3. The van der Waals surface area contributed by atoms with Crippen LogP contribution in [0.2, 0.25) is 0 Å². The van der Waals surface area contributed by atoms with Crippen LogP contribution in [0.1, 0.15) is 12.8 Å². The van der Waals surface area contributed by atoms with Crippen molar-refractivity contribution in [3.63, 3.8) is 0 Å². The fourth-order valence-electron chi connectivity index (χ4n) is 1.81. The van der Waals surface area contributed by atoms with Crippen molar-refractivity contribution >= 4 is 11.5 Å². The maximum absolute atomic E-state index is 10.8. The number of nitrogens with zero attached hydrogens (tertiary/aromatic N) is 2. The van der Waals surface area contributed by atoms with Crippen LogP contribution in [0.5, 0.6) is 0 Å². The van der Waals surface area contributed by atoms with Gasteiger partial charge in [0.05, 0.1) is 18.1 Å². The van der Waals surface area contributed by atoms with Gasteiger partial charge >= 0.3 is 5.69 Å². The maximum Gasteiger partial charge on any atom is 0.311 e. The molecule has 96 valence electrons. The minimum absolute atomic E-state index is 0.0125. The van der Waals surface area contributed by atoms with Gasteiger partial charge in [-0.2, -0.15) is 0 Å². The van der Waals surface area contributed by atoms with Crippen LogP contribution in [0.15, 0.2) is 30.0 Å². The molecule has 0 radical (unpaired) electrons. The molecule has 0 aliphatic carbocycles. The number of aromatic nitrogens is 1. The molecule has 0 bridgehead atoms. The second-order valence-corrected chi connectivity index (χ2v) is 3.99. The van der Waals surface area contributed by atoms with E-state index in [1.54, 1.807) is 12.3 Å². The van der Waals surface area contributed by atoms with Gasteiger partial charge in [0.2, 0.25) is 5.82 Å². The Hall–Kier alpha value is -1.95. The first-order valence-electron chi connectivity index (χ1n) is 5.86. The van der Waals surface area contributed by atoms with Crippen LogP contribution < -0.4 is 5.32 Å². The summed E-state index contributed by atoms with van der Waals surface area (Å²) < 4.78 is 5.22. The number of rotatable bonds is 5. The zero-order valence-electron chi connectivity index (χ0n) is 9.96. The van der Waals surface area contributed by atoms with Gasteiger partial charge in [0.1, 0.15) is 0 Å². The molecule has 1 aliphatic rings. The van der Waals surface area contributed by atoms with E-state index in [1.807, 2.05) is 0 Å². The molecule has 2 rings (SSSR count). The lowest BCUT2D eigenvalue weighted by atomic mass is 10.1. The molecule has 0 aromatic carbocycles. The molecule has 0 atom stereocenters. The van der Waals surface area contributed by atoms with E-state index in [0.717, 1.165) is 19.4 Å². The summed E-state index contributed by atoms with van der Waals surface area (Å²) in [6.07, 6.45) is 5.41. The standard InChI is InChI=1S/C12H15N3O3/c16-15(17)11-2-1-6-13-12(11)14-7-3-10-4-8-18-9-5-10/h1-2,4,6H,3,5,7-9H2,(H,13,14). The second kappa shape index (κ2) is 6.11. The fraction of sp³-hybridized carbons (Fsp3) is 0.417. The van der Waals surface area contributed by atoms with Crippen molar-refractivity contribution in [1.29, 1.82) is 0 Å². The summed E-state index contributed by atoms with van der Waals surface area (Å²) in [6.45, 7) is 2.07. The zero-order chi connectivity index (χ0) is 12.8. The highest BCUT2D eigenvalue weighted by Crippen LogP contribution is 2.20. The molecule has 0 amide bonds. The summed E-state index contributed by atoms with van der Waals surface area (Å²) in [4.78, 5) is 14.3. The summed E-state index contributed by atoms with van der Waals surface area (Å²) in [5.41, 5.74) is 1.34. The van der Waals surface area contributed by atoms with Gasteiger partial charge in [-0.3, -0.25) is 10.1 Å². The Labute approximate surface area is 105 Å². The summed E-state index contributed by atoms with van der Waals surface area (Å²) >= 11 is 0. The lowest BCUT2D eigenvalue weighted by Gasteiger charge is -2.13. The SMILES string of the molecule is O=[N+]([O-])c1cccnc1NCCC1=CCOCC1. The quantitative estimate of drug-likeness (QED) is 0.491. The normalized spacial score (nSPS) is 15.0. The summed E-state index contributed by atoms with van der Waals surface area (Å²) in [7, 11) is 0. The van der Waals surface area contributed by atoms with Crippen LogP contribution in [0.4, 0.5) is 11.5 Å². The van der Waals surface area contributed by atoms with E-state index >= 15 is 0 Å². The monoisotopic (exact) mass is 249 g/mol. The Kier molecular flexibility index (Phi) is 4.25. The first-order chi connectivity index (χ1) is 8.77. The number of hydrogen-bond donors (Lipinski definition) is 1. The van der Waals surface area contributed by atoms with E-state index in [4.69, 9.17) is 4.74 Å². The third-order valence-corrected chi connectivity index (χ3v) is 2.78. The Bertz CT molecular complexity index is 460. The Morgan fingerprint density at radius 1 is 1.56 bits per heavy atom. The molecule has 0 saturated heterocycles. The lowest BCUT2D eigenvalue weighted by molar-refractivity contribution is -0.384. The predicted octanol–water partition coefficient (Wildman–Crippen LogP) is 2.14. The van der Waals surface area contributed by atoms with E-state index in [1.165, 1.54) is 11.6 Å². The van der Waals surface area contributed by atoms with E-state index in [0.29, 0.717) is 19.0 Å². The number of nitrogens with one attached hydrogen (secondary N) is 1. The van der Waals surface area contributed by atoms with Crippen molar-refractivity contribution in [3.8, 4) is 0 Å². The van der Waals surface area contributed by atoms with Crippen LogP contribution in [-0.4, -0.2) is 29.7 Å². The number of pyridine rings is 1. The fourth-order valence-corrected chi connectivity index (χ4v) is 1.81. The highest BCUT2D eigenvalue weighted by molar-refractivity contribution is 5.55. The van der Waals surface area contributed by atoms with E-state index < -0.39 is 4.92 Å². The summed E-state index contributed by atoms with van der Waals surface area (Å²) in [5, 5.41) is 13.8. The topological polar surface area (TPSA) is 77.3 Å². The summed E-state index contributed by atoms with van der Waals surface area (Å²) in [6, 6.07) is 3.01. The molecule has 1 aromatic rings. The molecule has 0 saturated carbocycles. The van der Waals surface area contributed by atoms with E-state index in [2.05, 4.69) is 16.4 Å². The van der Waals surface area contributed by atoms with Gasteiger partial charge < -0.3 is 10.1 Å². The van der Waals surface area contributed by atoms with Crippen LogP contribution in [-0.2, 0) is 4.74 Å². The van der Waals surface area contributed by atoms with Gasteiger partial charge in [-0.1, -0.05) is 11.6 Å². The molecular weight excluding hydrogens is 234 g/mol. The largest absolute Gasteiger partial charge is 0.377 e. The Morgan fingerprint density at radius 3 is 3.17 bits per heavy atom. The third-order valence-electron chi connectivity index (χ3n) is 2.78. The van der Waals surface area contributed by atoms with Gasteiger partial charge in [-0.15, -0.1) is 0 Å². The molecule has 1 N–H and O–H groups in total. The van der Waals surface area contributed by atoms with Crippen LogP contribution in [0.25, 0.3) is 0 Å². The molecule has 1 aromatic heterocycles. The first-order valence-corrected chi connectivity index (χ1v) is 5.86. The second-order valence-electron chi connectivity index (χ2n) is 3.99. The van der Waals surface area contributed by atoms with E-state index in [9.17, 15) is 10.1 Å². The highest BCUT2D eigenvalue weighted by atomic mass is 16.6. The molecule has 18 heavy (non-hydrogen) atoms. The van der Waals surface area contributed by atoms with Gasteiger partial charge in [0, 0.05) is 18.8 Å². The molecule has 0 fully saturated rings. The lowest BCUT2D eigenvalue weighted by Crippen LogP contribution is -2.10. The van der Waals surface area contributed by atoms with Crippen molar-refractivity contribution < 1.29 is 9.66 Å². The number of nitro groups is 1. The molecule has 1 aliphatic heterocycles. The smallest absolute Gasteiger partial charge is 0.311 e. The Morgan fingerprint density at radius 2 is 2.44 bits per heavy atom. The van der Waals surface area contributed by atoms with Gasteiger partial charge in [0.15, 0.2) is 0 Å². The average molecular weight is 249 g/mol. The van der Waals surface area contributed by atoms with Gasteiger partial charge in [-0.05, 0) is 18.9 Å². The number of anilines is 1.